The number of nitrogens with two attached hydrogens (primary N) is 3. The monoisotopic (exact) mass is 203 g/mol. The lowest BCUT2D eigenvalue weighted by molar-refractivity contribution is 0.283. The van der Waals surface area contributed by atoms with Crippen LogP contribution in [0, 0.1) is 0 Å². The van der Waals surface area contributed by atoms with Crippen LogP contribution in [0.4, 0.5) is 0 Å². The third-order valence-corrected chi connectivity index (χ3v) is 8.08. The Morgan fingerprint density at radius 1 is 1.50 bits per heavy atom. The Kier molecular flexibility index (Phi) is 2.43. The second kappa shape index (κ2) is 2.72. The summed E-state index contributed by atoms with van der Waals surface area (Å²) in [6, 6.07) is 0. The maximum atomic E-state index is 5.35. The predicted molar refractivity (Wildman–Crippen MR) is 46.5 cm³/mol. The van der Waals surface area contributed by atoms with Crippen molar-refractivity contribution in [3.63, 3.8) is 0 Å². The molecule has 0 radical (unpaired) electrons. The van der Waals surface area contributed by atoms with E-state index in [9.17, 15) is 0 Å². The zero-order valence-electron chi connectivity index (χ0n) is 5.02. The van der Waals surface area contributed by atoms with Crippen LogP contribution >= 0.6 is 33.0 Å². The van der Waals surface area contributed by atoms with Crippen LogP contribution in [0.25, 0.3) is 0 Å². The third kappa shape index (κ3) is 1.04. The molecular weight excluding hydrogens is 194 g/mol. The molecule has 0 bridgehead atoms. The molecule has 0 aliphatic carbocycles. The van der Waals surface area contributed by atoms with Gasteiger partial charge in [0.25, 0.3) is 0 Å². The molecule has 0 aromatic rings. The third-order valence-electron chi connectivity index (χ3n) is 1.12. The summed E-state index contributed by atoms with van der Waals surface area (Å²) in [5.74, 6) is 9.87. The molecular formula is C2H9N3O2S3. The molecule has 6 N–H and O–H groups in total. The Bertz CT molecular complexity index is 142. The summed E-state index contributed by atoms with van der Waals surface area (Å²) in [5, 5.41) is 0. The van der Waals surface area contributed by atoms with E-state index in [0.717, 1.165) is 0 Å². The van der Waals surface area contributed by atoms with Gasteiger partial charge in [0, 0.05) is 17.3 Å². The van der Waals surface area contributed by atoms with E-state index in [-0.39, 0.29) is 0 Å². The first-order valence-corrected chi connectivity index (χ1v) is 5.63. The van der Waals surface area contributed by atoms with E-state index in [0.29, 0.717) is 6.54 Å². The SMILES string of the molecule is NCC1(S)SS1(ON)ON. The maximum Gasteiger partial charge on any atom is 0.193 e. The molecule has 0 spiro atoms. The summed E-state index contributed by atoms with van der Waals surface area (Å²) in [6.07, 6.45) is 0. The zero-order valence-corrected chi connectivity index (χ0v) is 7.55. The first kappa shape index (κ1) is 8.94. The summed E-state index contributed by atoms with van der Waals surface area (Å²) in [6.45, 7) is 0.324. The molecule has 1 heterocycles. The van der Waals surface area contributed by atoms with Gasteiger partial charge in [0.05, 0.1) is 0 Å². The molecule has 1 saturated heterocycles. The fourth-order valence-electron chi connectivity index (χ4n) is 0.503. The molecule has 1 aliphatic heterocycles. The van der Waals surface area contributed by atoms with E-state index in [1.54, 1.807) is 0 Å². The van der Waals surface area contributed by atoms with Crippen LogP contribution in [0.3, 0.4) is 0 Å². The van der Waals surface area contributed by atoms with Crippen molar-refractivity contribution in [2.75, 3.05) is 6.54 Å². The van der Waals surface area contributed by atoms with Crippen LogP contribution in [0.1, 0.15) is 0 Å². The highest BCUT2D eigenvalue weighted by molar-refractivity contribution is 9.09. The predicted octanol–water partition coefficient (Wildman–Crippen LogP) is -0.394. The van der Waals surface area contributed by atoms with Gasteiger partial charge in [-0.2, -0.15) is 20.4 Å². The number of hydrogen-bond acceptors (Lipinski definition) is 7. The highest BCUT2D eigenvalue weighted by Crippen LogP contribution is 2.92. The van der Waals surface area contributed by atoms with Gasteiger partial charge in [0.2, 0.25) is 0 Å². The first-order valence-electron chi connectivity index (χ1n) is 2.37. The van der Waals surface area contributed by atoms with E-state index in [1.807, 2.05) is 0 Å². The van der Waals surface area contributed by atoms with Crippen LogP contribution in [-0.2, 0) is 8.57 Å². The Morgan fingerprint density at radius 3 is 2.10 bits per heavy atom. The molecule has 0 aromatic heterocycles. The molecule has 1 rings (SSSR count). The largest absolute Gasteiger partial charge is 0.327 e. The first-order chi connectivity index (χ1) is 4.64. The minimum atomic E-state index is -1.89. The molecule has 1 atom stereocenters. The topological polar surface area (TPSA) is 96.5 Å². The molecule has 0 amide bonds. The molecule has 62 valence electrons. The smallest absolute Gasteiger partial charge is 0.193 e. The normalized spacial score (nSPS) is 39.2. The second-order valence-corrected chi connectivity index (χ2v) is 7.94. The van der Waals surface area contributed by atoms with Gasteiger partial charge in [-0.3, -0.25) is 0 Å². The molecule has 8 heteroatoms. The van der Waals surface area contributed by atoms with E-state index in [1.165, 1.54) is 10.8 Å². The average molecular weight is 203 g/mol. The Balaban J connectivity index is 2.59. The minimum absolute atomic E-state index is 0.324. The highest BCUT2D eigenvalue weighted by Gasteiger charge is 2.64. The van der Waals surface area contributed by atoms with Gasteiger partial charge in [-0.1, -0.05) is 9.62 Å². The minimum Gasteiger partial charge on any atom is -0.327 e. The number of rotatable bonds is 3. The van der Waals surface area contributed by atoms with Crippen molar-refractivity contribution in [3.8, 4) is 0 Å². The quantitative estimate of drug-likeness (QED) is 0.216. The van der Waals surface area contributed by atoms with Crippen molar-refractivity contribution in [2.45, 2.75) is 3.41 Å². The molecule has 0 saturated carbocycles. The standard InChI is InChI=1S/C2H9N3O2S3/c3-1-2(8)9-10(2,6-4)7-5/h8H,1,3-5H2. The lowest BCUT2D eigenvalue weighted by Crippen LogP contribution is -2.21. The van der Waals surface area contributed by atoms with E-state index in [2.05, 4.69) is 21.2 Å². The molecule has 1 aliphatic rings. The van der Waals surface area contributed by atoms with Crippen LogP contribution in [0.2, 0.25) is 0 Å². The molecule has 5 nitrogen and oxygen atoms in total. The van der Waals surface area contributed by atoms with Crippen LogP contribution < -0.4 is 17.5 Å². The highest BCUT2D eigenvalue weighted by atomic mass is 33.2. The number of hydrogen-bond donors (Lipinski definition) is 4. The molecule has 10 heavy (non-hydrogen) atoms. The molecule has 0 aromatic carbocycles. The fourth-order valence-corrected chi connectivity index (χ4v) is 4.96. The second-order valence-electron chi connectivity index (χ2n) is 1.65. The van der Waals surface area contributed by atoms with Gasteiger partial charge in [-0.05, 0) is 0 Å². The van der Waals surface area contributed by atoms with Gasteiger partial charge in [0.1, 0.15) is 0 Å². The number of thiol groups is 1. The van der Waals surface area contributed by atoms with Gasteiger partial charge < -0.3 is 5.73 Å². The summed E-state index contributed by atoms with van der Waals surface area (Å²) in [5.41, 5.74) is 5.35. The van der Waals surface area contributed by atoms with Crippen LogP contribution in [0.5, 0.6) is 0 Å². The summed E-state index contributed by atoms with van der Waals surface area (Å²) in [7, 11) is -0.572. The Morgan fingerprint density at radius 2 is 2.00 bits per heavy atom. The van der Waals surface area contributed by atoms with Crippen molar-refractivity contribution in [1.82, 2.24) is 0 Å². The summed E-state index contributed by atoms with van der Waals surface area (Å²) >= 11 is 4.17. The van der Waals surface area contributed by atoms with Crippen molar-refractivity contribution in [3.05, 3.63) is 0 Å². The van der Waals surface area contributed by atoms with Gasteiger partial charge >= 0.3 is 0 Å². The van der Waals surface area contributed by atoms with E-state index < -0.39 is 13.0 Å². The Labute approximate surface area is 69.4 Å². The summed E-state index contributed by atoms with van der Waals surface area (Å²) < 4.78 is 8.58. The van der Waals surface area contributed by atoms with Crippen molar-refractivity contribution in [2.24, 2.45) is 17.5 Å². The van der Waals surface area contributed by atoms with Crippen LogP contribution in [0.15, 0.2) is 0 Å². The van der Waals surface area contributed by atoms with Gasteiger partial charge in [0.15, 0.2) is 3.41 Å². The molecule has 1 unspecified atom stereocenters. The Hall–Kier alpha value is 0.850. The lowest BCUT2D eigenvalue weighted by Gasteiger charge is -2.20. The molecule has 1 fully saturated rings. The van der Waals surface area contributed by atoms with E-state index in [4.69, 9.17) is 17.5 Å². The van der Waals surface area contributed by atoms with Gasteiger partial charge in [-0.15, -0.1) is 12.6 Å². The average Bonchev–Trinajstić information content (AvgIpc) is 2.59. The van der Waals surface area contributed by atoms with E-state index >= 15 is 0 Å². The van der Waals surface area contributed by atoms with Crippen molar-refractivity contribution >= 4 is 33.0 Å². The van der Waals surface area contributed by atoms with Crippen molar-refractivity contribution < 1.29 is 8.57 Å². The zero-order chi connectivity index (χ0) is 7.83. The summed E-state index contributed by atoms with van der Waals surface area (Å²) in [4.78, 5) is 0. The van der Waals surface area contributed by atoms with Crippen molar-refractivity contribution in [1.29, 1.82) is 0 Å². The van der Waals surface area contributed by atoms with Crippen LogP contribution in [-0.4, -0.2) is 9.96 Å². The fraction of sp³-hybridized carbons (Fsp3) is 1.00. The van der Waals surface area contributed by atoms with Gasteiger partial charge in [-0.25, -0.2) is 0 Å². The maximum absolute atomic E-state index is 5.35. The lowest BCUT2D eigenvalue weighted by atomic mass is 10.8.